The number of benzene rings is 1. The second kappa shape index (κ2) is 11.3. The first kappa shape index (κ1) is 27.3. The van der Waals surface area contributed by atoms with Crippen molar-refractivity contribution in [3.63, 3.8) is 0 Å². The molecule has 1 aromatic heterocycles. The number of anilines is 1. The van der Waals surface area contributed by atoms with E-state index in [9.17, 15) is 9.59 Å². The van der Waals surface area contributed by atoms with Gasteiger partial charge in [-0.1, -0.05) is 40.2 Å². The summed E-state index contributed by atoms with van der Waals surface area (Å²) in [5.41, 5.74) is 0.196. The van der Waals surface area contributed by atoms with Crippen LogP contribution in [-0.4, -0.2) is 75.6 Å². The summed E-state index contributed by atoms with van der Waals surface area (Å²) in [5, 5.41) is 28.4. The molecule has 2 aliphatic heterocycles. The minimum Gasteiger partial charge on any atom is -0.388 e. The van der Waals surface area contributed by atoms with E-state index < -0.39 is 11.4 Å². The third-order valence-corrected chi connectivity index (χ3v) is 6.56. The summed E-state index contributed by atoms with van der Waals surface area (Å²) in [4.78, 5) is 40.2. The lowest BCUT2D eigenvalue weighted by Gasteiger charge is -2.37. The van der Waals surface area contributed by atoms with E-state index in [4.69, 9.17) is 34.5 Å². The quantitative estimate of drug-likeness (QED) is 0.127. The van der Waals surface area contributed by atoms with Crippen molar-refractivity contribution in [1.29, 1.82) is 5.41 Å². The summed E-state index contributed by atoms with van der Waals surface area (Å²) in [6.45, 7) is 1.03. The van der Waals surface area contributed by atoms with Gasteiger partial charge in [0.25, 0.3) is 11.8 Å². The number of rotatable bonds is 6. The van der Waals surface area contributed by atoms with Gasteiger partial charge in [0, 0.05) is 31.4 Å². The predicted octanol–water partition coefficient (Wildman–Crippen LogP) is 0.791. The summed E-state index contributed by atoms with van der Waals surface area (Å²) in [5.74, 6) is 14.8. The molecule has 0 saturated carbocycles. The van der Waals surface area contributed by atoms with E-state index in [0.29, 0.717) is 43.7 Å². The number of carbonyl (C=O) groups excluding carboxylic acids is 2. The maximum absolute atomic E-state index is 13.1. The molecule has 0 radical (unpaired) electrons. The molecule has 1 fully saturated rings. The molecule has 0 unspecified atom stereocenters. The monoisotopic (exact) mass is 555 g/mol. The molecule has 1 saturated heterocycles. The molecule has 2 aromatic rings. The van der Waals surface area contributed by atoms with Crippen molar-refractivity contribution in [3.8, 4) is 0 Å². The van der Waals surface area contributed by atoms with Crippen molar-refractivity contribution >= 4 is 52.4 Å². The Morgan fingerprint density at radius 3 is 2.44 bits per heavy atom. The Kier molecular flexibility index (Phi) is 7.91. The van der Waals surface area contributed by atoms with Crippen molar-refractivity contribution in [1.82, 2.24) is 25.2 Å². The third-order valence-electron chi connectivity index (χ3n) is 6.30. The van der Waals surface area contributed by atoms with Gasteiger partial charge < -0.3 is 21.9 Å². The lowest BCUT2D eigenvalue weighted by atomic mass is 9.88. The van der Waals surface area contributed by atoms with Crippen LogP contribution in [0, 0.1) is 5.41 Å². The van der Waals surface area contributed by atoms with Crippen molar-refractivity contribution in [2.24, 2.45) is 43.2 Å². The van der Waals surface area contributed by atoms with E-state index in [0.717, 1.165) is 0 Å². The normalized spacial score (nSPS) is 16.6. The number of carbonyl (C=O) groups is 2. The van der Waals surface area contributed by atoms with Crippen LogP contribution >= 0.6 is 11.6 Å². The molecule has 39 heavy (non-hydrogen) atoms. The van der Waals surface area contributed by atoms with E-state index in [1.165, 1.54) is 5.01 Å². The van der Waals surface area contributed by atoms with Crippen LogP contribution in [0.5, 0.6) is 0 Å². The van der Waals surface area contributed by atoms with Crippen molar-refractivity contribution < 1.29 is 9.59 Å². The van der Waals surface area contributed by atoms with Crippen LogP contribution in [0.1, 0.15) is 28.9 Å². The number of aromatic nitrogens is 2. The Labute approximate surface area is 227 Å². The van der Waals surface area contributed by atoms with E-state index in [-0.39, 0.29) is 40.1 Å². The molecule has 4 rings (SSSR count). The molecular weight excluding hydrogens is 530 g/mol. The fraction of sp³-hybridized carbons (Fsp3) is 0.333. The maximum atomic E-state index is 13.1. The van der Waals surface area contributed by atoms with E-state index >= 15 is 0 Å². The fourth-order valence-electron chi connectivity index (χ4n) is 4.36. The molecule has 2 amide bonds. The smallest absolute Gasteiger partial charge is 0.280 e. The van der Waals surface area contributed by atoms with Gasteiger partial charge in [-0.15, -0.1) is 10.2 Å². The van der Waals surface area contributed by atoms with Gasteiger partial charge in [-0.05, 0) is 18.9 Å². The first-order valence-corrected chi connectivity index (χ1v) is 12.0. The zero-order valence-corrected chi connectivity index (χ0v) is 21.6. The number of likely N-dealkylation sites (tertiary alicyclic amines) is 1. The van der Waals surface area contributed by atoms with E-state index in [2.05, 4.69) is 46.3 Å². The average molecular weight is 556 g/mol. The number of nitrogens with zero attached hydrogens (tertiary/aromatic N) is 9. The lowest BCUT2D eigenvalue weighted by Crippen LogP contribution is -2.51. The Balaban J connectivity index is 1.46. The Bertz CT molecular complexity index is 1380. The number of hydrazine groups is 1. The summed E-state index contributed by atoms with van der Waals surface area (Å²) in [6, 6.07) is 7.15. The zero-order chi connectivity index (χ0) is 28.2. The molecule has 204 valence electrons. The maximum Gasteiger partial charge on any atom is 0.280 e. The van der Waals surface area contributed by atoms with Crippen molar-refractivity contribution in [2.75, 3.05) is 32.0 Å². The molecule has 0 aliphatic carbocycles. The van der Waals surface area contributed by atoms with Gasteiger partial charge in [0.05, 0.1) is 12.1 Å². The minimum atomic E-state index is -0.765. The van der Waals surface area contributed by atoms with Gasteiger partial charge in [-0.3, -0.25) is 25.3 Å². The zero-order valence-electron chi connectivity index (χ0n) is 20.8. The van der Waals surface area contributed by atoms with Gasteiger partial charge in [0.1, 0.15) is 5.71 Å². The minimum absolute atomic E-state index is 0.0924. The summed E-state index contributed by atoms with van der Waals surface area (Å²) in [6.07, 6.45) is 0.952. The number of nitrogens with one attached hydrogen (secondary N) is 3. The lowest BCUT2D eigenvalue weighted by molar-refractivity contribution is -0.125. The fourth-order valence-corrected chi connectivity index (χ4v) is 4.52. The molecule has 2 aliphatic rings. The number of hydrogen-bond acceptors (Lipinski definition) is 13. The molecule has 18 heteroatoms. The number of halogens is 1. The first-order chi connectivity index (χ1) is 18.7. The summed E-state index contributed by atoms with van der Waals surface area (Å²) >= 11 is 6.02. The van der Waals surface area contributed by atoms with Crippen LogP contribution in [0.2, 0.25) is 5.15 Å². The Hall–Kier alpha value is -4.77. The predicted molar refractivity (Wildman–Crippen MR) is 142 cm³/mol. The highest BCUT2D eigenvalue weighted by Gasteiger charge is 2.43. The molecule has 1 aromatic carbocycles. The largest absolute Gasteiger partial charge is 0.388 e. The van der Waals surface area contributed by atoms with Crippen LogP contribution in [0.15, 0.2) is 49.9 Å². The first-order valence-electron chi connectivity index (χ1n) is 11.6. The van der Waals surface area contributed by atoms with Crippen molar-refractivity contribution in [2.45, 2.75) is 18.4 Å². The third kappa shape index (κ3) is 5.58. The van der Waals surface area contributed by atoms with Crippen molar-refractivity contribution in [3.05, 3.63) is 40.7 Å². The van der Waals surface area contributed by atoms with Gasteiger partial charge in [0.2, 0.25) is 17.6 Å². The molecular formula is C21H26ClN15O2. The van der Waals surface area contributed by atoms with Crippen LogP contribution < -0.4 is 28.2 Å². The van der Waals surface area contributed by atoms with Crippen LogP contribution in [-0.2, 0) is 4.79 Å². The Morgan fingerprint density at radius 2 is 1.77 bits per heavy atom. The second-order valence-electron chi connectivity index (χ2n) is 8.65. The molecule has 9 N–H and O–H groups in total. The molecule has 1 spiro atoms. The number of amides is 2. The highest BCUT2D eigenvalue weighted by atomic mass is 35.5. The molecule has 0 atom stereocenters. The number of aliphatic imine (C=N–C) groups is 1. The number of para-hydroxylation sites is 1. The number of hydrogen-bond donors (Lipinski definition) is 6. The number of piperidine rings is 1. The highest BCUT2D eigenvalue weighted by molar-refractivity contribution is 6.45. The topological polar surface area (TPSA) is 254 Å². The van der Waals surface area contributed by atoms with Gasteiger partial charge in [0.15, 0.2) is 10.8 Å². The van der Waals surface area contributed by atoms with E-state index in [1.54, 1.807) is 24.1 Å². The van der Waals surface area contributed by atoms with Crippen LogP contribution in [0.4, 0.5) is 17.3 Å². The molecule has 3 heterocycles. The van der Waals surface area contributed by atoms with Gasteiger partial charge >= 0.3 is 0 Å². The Morgan fingerprint density at radius 1 is 1.10 bits per heavy atom. The molecule has 17 nitrogen and oxygen atoms in total. The average Bonchev–Trinajstić information content (AvgIpc) is 3.23. The van der Waals surface area contributed by atoms with E-state index in [1.807, 2.05) is 12.1 Å². The number of nitrogens with two attached hydrogens (primary N) is 3. The second-order valence-corrected chi connectivity index (χ2v) is 9.00. The van der Waals surface area contributed by atoms with Crippen LogP contribution in [0.3, 0.4) is 0 Å². The van der Waals surface area contributed by atoms with Crippen LogP contribution in [0.25, 0.3) is 0 Å². The summed E-state index contributed by atoms with van der Waals surface area (Å²) in [7, 11) is 1.74. The number of guanidine groups is 1. The van der Waals surface area contributed by atoms with Gasteiger partial charge in [-0.2, -0.15) is 0 Å². The summed E-state index contributed by atoms with van der Waals surface area (Å²) < 4.78 is 0. The standard InChI is InChI=1S/C21H26ClN15O2/c1-27-12-5-3-2-4-11(12)13(23)19(39)36-8-6-21(7-9-36)10-37(26)20(31-21)30-18(38)14-16(32-34-24)29-17(33-35-25)15(22)28-14/h2-5,23,27H,6-10,26H2,1H3,(H,30,31,38)(H4,24,25,29,32,33). The SMILES string of the molecule is CNc1ccccc1C(=N)C(=O)N1CCC2(CC1)CN(N)C(NC(=O)c1nc(Cl)c(N=NN)nc1N=NN)=N2. The van der Waals surface area contributed by atoms with Gasteiger partial charge in [-0.25, -0.2) is 20.8 Å². The molecule has 0 bridgehead atoms. The highest BCUT2D eigenvalue weighted by Crippen LogP contribution is 2.32.